The molecule has 0 saturated carbocycles. The Balaban J connectivity index is 4.44. The molecule has 10 nitrogen and oxygen atoms in total. The topological polar surface area (TPSA) is 114 Å². The number of carbonyl (C=O) groups is 2. The monoisotopic (exact) mass is 711 g/mol. The van der Waals surface area contributed by atoms with Crippen LogP contribution in [0.2, 0.25) is 0 Å². The normalized spacial score (nSPS) is 12.2. The second kappa shape index (κ2) is 35.1. The smallest absolute Gasteiger partial charge is 0.306 e. The zero-order valence-electron chi connectivity index (χ0n) is 33.2. The van der Waals surface area contributed by atoms with Gasteiger partial charge in [0.15, 0.2) is 5.82 Å². The fraction of sp³-hybridized carbons (Fsp3) is 0.900. The molecular weight excluding hydrogens is 632 g/mol. The summed E-state index contributed by atoms with van der Waals surface area (Å²) >= 11 is 0. The summed E-state index contributed by atoms with van der Waals surface area (Å²) in [4.78, 5) is 39.3. The lowest BCUT2D eigenvalue weighted by Gasteiger charge is -2.23. The molecule has 0 rings (SSSR count). The number of hydrogen-bond acceptors (Lipinski definition) is 9. The molecule has 0 aromatic carbocycles. The van der Waals surface area contributed by atoms with Gasteiger partial charge < -0.3 is 24.6 Å². The van der Waals surface area contributed by atoms with Crippen LogP contribution in [0.3, 0.4) is 0 Å². The first-order valence-electron chi connectivity index (χ1n) is 20.6. The van der Waals surface area contributed by atoms with Crippen molar-refractivity contribution in [1.29, 1.82) is 0 Å². The summed E-state index contributed by atoms with van der Waals surface area (Å²) in [6, 6.07) is 0. The van der Waals surface area contributed by atoms with Crippen LogP contribution in [0.1, 0.15) is 181 Å². The van der Waals surface area contributed by atoms with Crippen LogP contribution in [-0.2, 0) is 19.1 Å². The van der Waals surface area contributed by atoms with Crippen LogP contribution in [0, 0.1) is 10.1 Å². The molecule has 0 bridgehead atoms. The summed E-state index contributed by atoms with van der Waals surface area (Å²) in [5, 5.41) is 14.2. The summed E-state index contributed by atoms with van der Waals surface area (Å²) in [7, 11) is 3.60. The average molecular weight is 711 g/mol. The second-order valence-electron chi connectivity index (χ2n) is 14.2. The third kappa shape index (κ3) is 31.6. The predicted molar refractivity (Wildman–Crippen MR) is 206 cm³/mol. The van der Waals surface area contributed by atoms with Gasteiger partial charge in [0.2, 0.25) is 0 Å². The lowest BCUT2D eigenvalue weighted by atomic mass is 10.1. The van der Waals surface area contributed by atoms with E-state index in [9.17, 15) is 19.7 Å². The summed E-state index contributed by atoms with van der Waals surface area (Å²) < 4.78 is 11.2. The van der Waals surface area contributed by atoms with Crippen molar-refractivity contribution in [3.8, 4) is 0 Å². The molecule has 0 aromatic heterocycles. The SMILES string of the molecule is CCCCCCCOC(=O)CCCCCCCN(CCCCCCCC(=O)OC(CCCC)CCCCC)CCCN/C(=C/[N+](=O)[O-])N(C)C. The minimum absolute atomic E-state index is 0.0269. The molecule has 50 heavy (non-hydrogen) atoms. The number of nitrogens with zero attached hydrogens (tertiary/aromatic N) is 3. The van der Waals surface area contributed by atoms with E-state index in [2.05, 4.69) is 31.0 Å². The molecule has 10 heteroatoms. The van der Waals surface area contributed by atoms with E-state index in [1.165, 1.54) is 32.1 Å². The molecule has 0 aliphatic heterocycles. The fourth-order valence-corrected chi connectivity index (χ4v) is 6.07. The zero-order valence-corrected chi connectivity index (χ0v) is 33.2. The van der Waals surface area contributed by atoms with Crippen molar-refractivity contribution in [2.45, 2.75) is 187 Å². The molecule has 0 spiro atoms. The number of esters is 2. The Morgan fingerprint density at radius 2 is 1.16 bits per heavy atom. The Morgan fingerprint density at radius 1 is 0.660 bits per heavy atom. The van der Waals surface area contributed by atoms with E-state index in [0.29, 0.717) is 31.8 Å². The molecule has 0 aromatic rings. The molecule has 0 radical (unpaired) electrons. The van der Waals surface area contributed by atoms with Crippen molar-refractivity contribution in [2.24, 2.45) is 0 Å². The first-order chi connectivity index (χ1) is 24.2. The highest BCUT2D eigenvalue weighted by Gasteiger charge is 2.14. The zero-order chi connectivity index (χ0) is 37.1. The summed E-state index contributed by atoms with van der Waals surface area (Å²) in [6.07, 6.45) is 27.3. The van der Waals surface area contributed by atoms with Gasteiger partial charge in [-0.15, -0.1) is 0 Å². The molecule has 1 atom stereocenters. The van der Waals surface area contributed by atoms with Gasteiger partial charge in [-0.1, -0.05) is 111 Å². The Hall–Kier alpha value is -2.36. The van der Waals surface area contributed by atoms with Gasteiger partial charge in [0.05, 0.1) is 11.5 Å². The number of nitrogens with one attached hydrogen (secondary N) is 1. The van der Waals surface area contributed by atoms with Gasteiger partial charge in [-0.3, -0.25) is 19.7 Å². The second-order valence-corrected chi connectivity index (χ2v) is 14.2. The number of unbranched alkanes of at least 4 members (excludes halogenated alkanes) is 15. The van der Waals surface area contributed by atoms with Crippen LogP contribution < -0.4 is 5.32 Å². The molecule has 0 aliphatic rings. The van der Waals surface area contributed by atoms with Crippen LogP contribution in [-0.4, -0.2) is 79.6 Å². The molecule has 294 valence electrons. The van der Waals surface area contributed by atoms with Crippen molar-refractivity contribution in [3.05, 3.63) is 22.1 Å². The number of nitro groups is 1. The first kappa shape index (κ1) is 47.6. The fourth-order valence-electron chi connectivity index (χ4n) is 6.07. The Morgan fingerprint density at radius 3 is 1.76 bits per heavy atom. The van der Waals surface area contributed by atoms with Gasteiger partial charge in [0.1, 0.15) is 6.10 Å². The van der Waals surface area contributed by atoms with E-state index >= 15 is 0 Å². The van der Waals surface area contributed by atoms with E-state index < -0.39 is 4.92 Å². The molecule has 0 aliphatic carbocycles. The lowest BCUT2D eigenvalue weighted by Crippen LogP contribution is -2.32. The molecule has 0 heterocycles. The minimum atomic E-state index is -0.422. The maximum Gasteiger partial charge on any atom is 0.306 e. The van der Waals surface area contributed by atoms with Gasteiger partial charge in [-0.25, -0.2) is 0 Å². The quantitative estimate of drug-likeness (QED) is 0.0291. The number of carbonyl (C=O) groups excluding carboxylic acids is 2. The minimum Gasteiger partial charge on any atom is -0.466 e. The highest BCUT2D eigenvalue weighted by atomic mass is 16.6. The average Bonchev–Trinajstić information content (AvgIpc) is 3.08. The molecule has 1 N–H and O–H groups in total. The predicted octanol–water partition coefficient (Wildman–Crippen LogP) is 9.78. The number of ether oxygens (including phenoxy) is 2. The Bertz CT molecular complexity index is 854. The largest absolute Gasteiger partial charge is 0.466 e. The van der Waals surface area contributed by atoms with Gasteiger partial charge in [0, 0.05) is 33.5 Å². The van der Waals surface area contributed by atoms with Crippen molar-refractivity contribution in [3.63, 3.8) is 0 Å². The molecular formula is C40H78N4O6. The Labute approximate surface area is 307 Å². The van der Waals surface area contributed by atoms with E-state index in [4.69, 9.17) is 9.47 Å². The van der Waals surface area contributed by atoms with Crippen molar-refractivity contribution < 1.29 is 24.0 Å². The first-order valence-corrected chi connectivity index (χ1v) is 20.6. The third-order valence-electron chi connectivity index (χ3n) is 9.20. The van der Waals surface area contributed by atoms with Crippen LogP contribution >= 0.6 is 0 Å². The maximum atomic E-state index is 12.5. The molecule has 0 fully saturated rings. The molecule has 0 amide bonds. The highest BCUT2D eigenvalue weighted by Crippen LogP contribution is 2.16. The number of rotatable bonds is 37. The van der Waals surface area contributed by atoms with E-state index in [1.54, 1.807) is 19.0 Å². The highest BCUT2D eigenvalue weighted by molar-refractivity contribution is 5.69. The lowest BCUT2D eigenvalue weighted by molar-refractivity contribution is -0.404. The van der Waals surface area contributed by atoms with Crippen LogP contribution in [0.5, 0.6) is 0 Å². The third-order valence-corrected chi connectivity index (χ3v) is 9.20. The van der Waals surface area contributed by atoms with Gasteiger partial charge in [-0.05, 0) is 77.4 Å². The van der Waals surface area contributed by atoms with Crippen LogP contribution in [0.25, 0.3) is 0 Å². The standard InChI is InChI=1S/C40H78N4O6/c1-6-9-12-19-25-35-49-39(45)29-21-15-13-17-23-32-43(34-26-31-41-38(42(4)5)36-44(47)48)33-24-18-14-16-22-30-40(46)50-37(27-11-8-3)28-20-10-7-2/h36-37,41H,6-35H2,1-5H3/b38-36-. The summed E-state index contributed by atoms with van der Waals surface area (Å²) in [6.45, 7) is 10.8. The summed E-state index contributed by atoms with van der Waals surface area (Å²) in [5.41, 5.74) is 0. The maximum absolute atomic E-state index is 12.5. The summed E-state index contributed by atoms with van der Waals surface area (Å²) in [5.74, 6) is 0.426. The van der Waals surface area contributed by atoms with Gasteiger partial charge in [0.25, 0.3) is 6.20 Å². The van der Waals surface area contributed by atoms with Crippen LogP contribution in [0.4, 0.5) is 0 Å². The Kier molecular flexibility index (Phi) is 33.4. The van der Waals surface area contributed by atoms with E-state index in [1.807, 2.05) is 0 Å². The van der Waals surface area contributed by atoms with E-state index in [0.717, 1.165) is 141 Å². The van der Waals surface area contributed by atoms with Crippen molar-refractivity contribution >= 4 is 11.9 Å². The van der Waals surface area contributed by atoms with E-state index in [-0.39, 0.29) is 18.0 Å². The molecule has 0 saturated heterocycles. The van der Waals surface area contributed by atoms with Gasteiger partial charge >= 0.3 is 11.9 Å². The van der Waals surface area contributed by atoms with Gasteiger partial charge in [-0.2, -0.15) is 0 Å². The van der Waals surface area contributed by atoms with Crippen LogP contribution in [0.15, 0.2) is 12.0 Å². The van der Waals surface area contributed by atoms with Crippen molar-refractivity contribution in [1.82, 2.24) is 15.1 Å². The van der Waals surface area contributed by atoms with Crippen molar-refractivity contribution in [2.75, 3.05) is 46.9 Å². The molecule has 1 unspecified atom stereocenters. The number of hydrogen-bond donors (Lipinski definition) is 1.